The van der Waals surface area contributed by atoms with E-state index in [-0.39, 0.29) is 24.9 Å². The molecule has 2 aromatic carbocycles. The molecule has 1 unspecified atom stereocenters. The number of carbonyl (C=O) groups is 1. The van der Waals surface area contributed by atoms with Gasteiger partial charge in [-0.15, -0.1) is 11.3 Å². The highest BCUT2D eigenvalue weighted by atomic mass is 32.2. The number of thiazole rings is 1. The fourth-order valence-electron chi connectivity index (χ4n) is 4.26. The third-order valence-corrected chi connectivity index (χ3v) is 8.45. The van der Waals surface area contributed by atoms with Gasteiger partial charge in [-0.1, -0.05) is 44.1 Å². The Hall–Kier alpha value is -3.03. The van der Waals surface area contributed by atoms with Gasteiger partial charge >= 0.3 is 6.09 Å². The number of nitrogens with zero attached hydrogens (tertiary/aromatic N) is 3. The van der Waals surface area contributed by atoms with E-state index in [1.165, 1.54) is 26.0 Å². The van der Waals surface area contributed by atoms with Gasteiger partial charge in [-0.25, -0.2) is 18.2 Å². The number of hydrogen-bond donors (Lipinski definition) is 2. The second-order valence-corrected chi connectivity index (χ2v) is 12.0. The number of aromatic nitrogens is 1. The summed E-state index contributed by atoms with van der Waals surface area (Å²) in [5.74, 6) is -1.91. The van der Waals surface area contributed by atoms with Crippen molar-refractivity contribution in [3.05, 3.63) is 71.8 Å². The maximum absolute atomic E-state index is 14.4. The largest absolute Gasteiger partial charge is 0.472 e. The summed E-state index contributed by atoms with van der Waals surface area (Å²) in [5, 5.41) is 23.0. The van der Waals surface area contributed by atoms with Crippen molar-refractivity contribution in [1.29, 1.82) is 0 Å². The molecule has 40 heavy (non-hydrogen) atoms. The normalized spacial score (nSPS) is 28.6. The lowest BCUT2D eigenvalue weighted by atomic mass is 9.94. The van der Waals surface area contributed by atoms with E-state index in [9.17, 15) is 31.6 Å². The second kappa shape index (κ2) is 11.8. The van der Waals surface area contributed by atoms with Crippen LogP contribution in [0.5, 0.6) is 0 Å². The van der Waals surface area contributed by atoms with Gasteiger partial charge in [0.2, 0.25) is 16.3 Å². The third-order valence-electron chi connectivity index (χ3n) is 6.05. The van der Waals surface area contributed by atoms with Crippen LogP contribution in [0.15, 0.2) is 71.1 Å². The van der Waals surface area contributed by atoms with E-state index in [4.69, 9.17) is 17.7 Å². The van der Waals surface area contributed by atoms with Gasteiger partial charge in [0, 0.05) is 18.5 Å². The number of carboxylic acid groups (broad SMARTS) is 1. The summed E-state index contributed by atoms with van der Waals surface area (Å²) in [7, 11) is -5.19. The second-order valence-electron chi connectivity index (χ2n) is 9.26. The zero-order valence-corrected chi connectivity index (χ0v) is 22.8. The Labute approximate surface area is 254 Å². The Balaban J connectivity index is 1.82. The minimum Gasteiger partial charge on any atom is -0.472 e. The Morgan fingerprint density at radius 2 is 2.10 bits per heavy atom. The molecule has 2 N–H and O–H groups in total. The van der Waals surface area contributed by atoms with Gasteiger partial charge in [0.05, 0.1) is 68.5 Å². The van der Waals surface area contributed by atoms with Crippen LogP contribution in [-0.2, 0) is 25.9 Å². The predicted octanol–water partition coefficient (Wildman–Crippen LogP) is 3.78. The fourth-order valence-corrected chi connectivity index (χ4v) is 6.44. The maximum Gasteiger partial charge on any atom is 0.408 e. The number of ether oxygens (including phenoxy) is 2. The molecule has 1 fully saturated rings. The quantitative estimate of drug-likeness (QED) is 0.341. The van der Waals surface area contributed by atoms with Crippen molar-refractivity contribution in [3.63, 3.8) is 0 Å². The molecule has 0 aliphatic carbocycles. The molecule has 2 aliphatic rings. The first-order valence-electron chi connectivity index (χ1n) is 18.0. The summed E-state index contributed by atoms with van der Waals surface area (Å²) >= 11 is 0.795. The van der Waals surface area contributed by atoms with Crippen LogP contribution in [0, 0.1) is 11.8 Å². The monoisotopic (exact) mass is 599 g/mol. The topological polar surface area (TPSA) is 130 Å². The third kappa shape index (κ3) is 5.86. The number of fused-ring (bicyclic) bond motifs is 2. The molecule has 3 heterocycles. The summed E-state index contributed by atoms with van der Waals surface area (Å²) in [6.07, 6.45) is -9.67. The first-order chi connectivity index (χ1) is 23.8. The molecule has 12 heteroatoms. The number of benzene rings is 2. The molecule has 0 bridgehead atoms. The highest BCUT2D eigenvalue weighted by Crippen LogP contribution is 2.34. The Bertz CT molecular complexity index is 2040. The Kier molecular flexibility index (Phi) is 5.04. The Morgan fingerprint density at radius 3 is 2.83 bits per heavy atom. The standard InChI is InChI=1S/C28H33N3O7S2/c1-18(2)14-30(40(35,36)20-8-9-22-26(13-20)39-17-29-22)15-25(32)23(12-19-6-4-3-5-7-19)31(28(33)34)24-16-38-27-21(24)10-11-37-27/h3-11,13,17-18,21,23-25,27,32H,12,14-16H2,1-2H3,(H,33,34)/t21-,23-,24?,25+,27-/m0/s1/i3D,4D,5D,6D,7D,12D2,15D2,17D,23D,25D. The SMILES string of the molecule is [2H]c1nc2ccc(S(=O)(=O)N(CC(C)C)C([2H])([2H])[C@@]([2H])(O)[C@@]([2H])(N(C(=O)O)C3CO[C@@H]4OC=C[C@@H]34)C([2H])([2H])c3c([2H])c([2H])c([2H])c([2H])c3[2H])cc2s1. The summed E-state index contributed by atoms with van der Waals surface area (Å²) in [4.78, 5) is 16.5. The Morgan fingerprint density at radius 1 is 1.32 bits per heavy atom. The number of sulfonamides is 1. The molecule has 0 saturated carbocycles. The van der Waals surface area contributed by atoms with Gasteiger partial charge in [-0.3, -0.25) is 4.90 Å². The van der Waals surface area contributed by atoms with E-state index in [0.717, 1.165) is 29.7 Å². The highest BCUT2D eigenvalue weighted by Gasteiger charge is 2.48. The molecule has 2 aliphatic heterocycles. The van der Waals surface area contributed by atoms with Gasteiger partial charge in [0.25, 0.3) is 0 Å². The van der Waals surface area contributed by atoms with Gasteiger partial charge < -0.3 is 19.7 Å². The number of rotatable bonds is 11. The van der Waals surface area contributed by atoms with Crippen LogP contribution in [-0.4, -0.2) is 83.0 Å². The molecular weight excluding hydrogens is 554 g/mol. The van der Waals surface area contributed by atoms with Crippen LogP contribution < -0.4 is 0 Å². The van der Waals surface area contributed by atoms with Gasteiger partial charge in [-0.05, 0) is 42.1 Å². The molecule has 10 nitrogen and oxygen atoms in total. The van der Waals surface area contributed by atoms with E-state index in [1.54, 1.807) is 0 Å². The average Bonchev–Trinajstić information content (AvgIpc) is 3.77. The molecule has 1 saturated heterocycles. The van der Waals surface area contributed by atoms with Crippen molar-refractivity contribution >= 4 is 37.7 Å². The van der Waals surface area contributed by atoms with Crippen molar-refractivity contribution in [3.8, 4) is 0 Å². The van der Waals surface area contributed by atoms with E-state index in [1.807, 2.05) is 0 Å². The lowest BCUT2D eigenvalue weighted by Crippen LogP contribution is -2.57. The number of aliphatic hydroxyl groups is 1. The van der Waals surface area contributed by atoms with Crippen LogP contribution in [0.3, 0.4) is 0 Å². The van der Waals surface area contributed by atoms with Crippen LogP contribution in [0.1, 0.15) is 35.9 Å². The molecule has 1 aromatic heterocycles. The molecule has 3 aromatic rings. The lowest BCUT2D eigenvalue weighted by molar-refractivity contribution is -0.0690. The minimum atomic E-state index is -5.19. The maximum atomic E-state index is 14.4. The molecule has 214 valence electrons. The average molecular weight is 600 g/mol. The first kappa shape index (κ1) is 17.0. The number of hydrogen-bond acceptors (Lipinski definition) is 8. The van der Waals surface area contributed by atoms with Gasteiger partial charge in [-0.2, -0.15) is 4.31 Å². The van der Waals surface area contributed by atoms with E-state index >= 15 is 0 Å². The molecular formula is C28H33N3O7S2. The van der Waals surface area contributed by atoms with Crippen molar-refractivity contribution < 1.29 is 49.3 Å². The number of amides is 1. The first-order valence-corrected chi connectivity index (χ1v) is 14.3. The molecule has 0 spiro atoms. The molecule has 0 radical (unpaired) electrons. The molecule has 5 rings (SSSR count). The van der Waals surface area contributed by atoms with Crippen LogP contribution in [0.4, 0.5) is 4.79 Å². The zero-order chi connectivity index (χ0) is 39.1. The van der Waals surface area contributed by atoms with Gasteiger partial charge in [0.15, 0.2) is 0 Å². The summed E-state index contributed by atoms with van der Waals surface area (Å²) in [5.41, 5.74) is -1.33. The lowest BCUT2D eigenvalue weighted by Gasteiger charge is -2.39. The van der Waals surface area contributed by atoms with Crippen molar-refractivity contribution in [2.24, 2.45) is 11.8 Å². The highest BCUT2D eigenvalue weighted by molar-refractivity contribution is 7.89. The summed E-state index contributed by atoms with van der Waals surface area (Å²) in [6.45, 7) is -2.73. The predicted molar refractivity (Wildman–Crippen MR) is 150 cm³/mol. The summed E-state index contributed by atoms with van der Waals surface area (Å²) in [6, 6.07) is -8.56. The van der Waals surface area contributed by atoms with Crippen LogP contribution in [0.25, 0.3) is 10.2 Å². The minimum absolute atomic E-state index is 0.00460. The van der Waals surface area contributed by atoms with Gasteiger partial charge in [0.1, 0.15) is 0 Å². The van der Waals surface area contributed by atoms with Crippen molar-refractivity contribution in [2.75, 3.05) is 19.6 Å². The fraction of sp³-hybridized carbons (Fsp3) is 0.429. The molecule has 5 atom stereocenters. The molecule has 1 amide bonds. The van der Waals surface area contributed by atoms with E-state index in [0.29, 0.717) is 0 Å². The van der Waals surface area contributed by atoms with E-state index < -0.39 is 119 Å². The summed E-state index contributed by atoms with van der Waals surface area (Å²) < 4.78 is 145. The zero-order valence-electron chi connectivity index (χ0n) is 33.2. The van der Waals surface area contributed by atoms with E-state index in [2.05, 4.69) is 4.98 Å². The van der Waals surface area contributed by atoms with Crippen molar-refractivity contribution in [2.45, 2.75) is 49.5 Å². The van der Waals surface area contributed by atoms with Crippen LogP contribution in [0.2, 0.25) is 0 Å². The van der Waals surface area contributed by atoms with Crippen LogP contribution >= 0.6 is 11.3 Å². The van der Waals surface area contributed by atoms with Crippen molar-refractivity contribution in [1.82, 2.24) is 14.2 Å². The smallest absolute Gasteiger partial charge is 0.408 e.